The van der Waals surface area contributed by atoms with E-state index in [1.165, 1.54) is 18.9 Å². The quantitative estimate of drug-likeness (QED) is 0.919. The van der Waals surface area contributed by atoms with Crippen LogP contribution >= 0.6 is 12.4 Å². The molecule has 1 aromatic carbocycles. The SMILES string of the molecule is CC1(OCc2ccccc2F)CC2CCC(C1)N2.Cl. The second kappa shape index (κ2) is 5.78. The van der Waals surface area contributed by atoms with Crippen molar-refractivity contribution < 1.29 is 9.13 Å². The summed E-state index contributed by atoms with van der Waals surface area (Å²) in [4.78, 5) is 0. The number of hydrogen-bond donors (Lipinski definition) is 1. The molecule has 1 N–H and O–H groups in total. The molecule has 0 aliphatic carbocycles. The normalized spacial score (nSPS) is 32.9. The molecule has 0 amide bonds. The van der Waals surface area contributed by atoms with Crippen molar-refractivity contribution in [3.63, 3.8) is 0 Å². The molecule has 19 heavy (non-hydrogen) atoms. The second-order valence-corrected chi connectivity index (χ2v) is 5.88. The Bertz CT molecular complexity index is 428. The van der Waals surface area contributed by atoms with Crippen LogP contribution in [0.1, 0.15) is 38.2 Å². The summed E-state index contributed by atoms with van der Waals surface area (Å²) in [7, 11) is 0. The Hall–Kier alpha value is -0.640. The van der Waals surface area contributed by atoms with E-state index in [9.17, 15) is 4.39 Å². The van der Waals surface area contributed by atoms with Crippen molar-refractivity contribution in [2.24, 2.45) is 0 Å². The van der Waals surface area contributed by atoms with E-state index in [0.717, 1.165) is 12.8 Å². The predicted molar refractivity (Wildman–Crippen MR) is 76.0 cm³/mol. The summed E-state index contributed by atoms with van der Waals surface area (Å²) < 4.78 is 19.6. The minimum absolute atomic E-state index is 0. The molecule has 0 radical (unpaired) electrons. The Balaban J connectivity index is 0.00000133. The zero-order valence-corrected chi connectivity index (χ0v) is 12.0. The number of piperidine rings is 1. The maximum Gasteiger partial charge on any atom is 0.128 e. The Morgan fingerprint density at radius 2 is 1.89 bits per heavy atom. The molecule has 0 aromatic heterocycles. The topological polar surface area (TPSA) is 21.3 Å². The van der Waals surface area contributed by atoms with Gasteiger partial charge in [-0.3, -0.25) is 0 Å². The fourth-order valence-electron chi connectivity index (χ4n) is 3.34. The van der Waals surface area contributed by atoms with Gasteiger partial charge in [0.15, 0.2) is 0 Å². The maximum atomic E-state index is 13.5. The van der Waals surface area contributed by atoms with E-state index < -0.39 is 0 Å². The minimum atomic E-state index is -0.169. The highest BCUT2D eigenvalue weighted by Gasteiger charge is 2.41. The van der Waals surface area contributed by atoms with Crippen LogP contribution < -0.4 is 5.32 Å². The number of fused-ring (bicyclic) bond motifs is 2. The molecular formula is C15H21ClFNO. The fraction of sp³-hybridized carbons (Fsp3) is 0.600. The van der Waals surface area contributed by atoms with Crippen LogP contribution in [0.25, 0.3) is 0 Å². The number of nitrogens with one attached hydrogen (secondary N) is 1. The number of halogens is 2. The Labute approximate surface area is 120 Å². The van der Waals surface area contributed by atoms with Crippen LogP contribution in [0.4, 0.5) is 4.39 Å². The lowest BCUT2D eigenvalue weighted by Crippen LogP contribution is -2.48. The summed E-state index contributed by atoms with van der Waals surface area (Å²) in [6.07, 6.45) is 4.59. The van der Waals surface area contributed by atoms with Gasteiger partial charge in [-0.2, -0.15) is 0 Å². The molecule has 2 unspecified atom stereocenters. The molecule has 2 aliphatic heterocycles. The summed E-state index contributed by atoms with van der Waals surface area (Å²) in [6, 6.07) is 8.05. The molecule has 106 valence electrons. The summed E-state index contributed by atoms with van der Waals surface area (Å²) in [6.45, 7) is 2.54. The Morgan fingerprint density at radius 3 is 2.53 bits per heavy atom. The van der Waals surface area contributed by atoms with E-state index in [0.29, 0.717) is 24.3 Å². The first-order valence-electron chi connectivity index (χ1n) is 6.78. The summed E-state index contributed by atoms with van der Waals surface area (Å²) >= 11 is 0. The van der Waals surface area contributed by atoms with E-state index in [2.05, 4.69) is 12.2 Å². The maximum absolute atomic E-state index is 13.5. The zero-order valence-electron chi connectivity index (χ0n) is 11.2. The first kappa shape index (κ1) is 14.8. The lowest BCUT2D eigenvalue weighted by atomic mass is 9.89. The number of benzene rings is 1. The van der Waals surface area contributed by atoms with E-state index in [-0.39, 0.29) is 23.8 Å². The highest BCUT2D eigenvalue weighted by Crippen LogP contribution is 2.36. The minimum Gasteiger partial charge on any atom is -0.370 e. The van der Waals surface area contributed by atoms with Gasteiger partial charge in [-0.05, 0) is 38.7 Å². The average Bonchev–Trinajstić information content (AvgIpc) is 2.69. The lowest BCUT2D eigenvalue weighted by Gasteiger charge is -2.38. The molecule has 2 aliphatic rings. The van der Waals surface area contributed by atoms with Crippen LogP contribution in [0.5, 0.6) is 0 Å². The van der Waals surface area contributed by atoms with Crippen molar-refractivity contribution in [2.75, 3.05) is 0 Å². The van der Waals surface area contributed by atoms with Gasteiger partial charge < -0.3 is 10.1 Å². The second-order valence-electron chi connectivity index (χ2n) is 5.88. The molecule has 2 heterocycles. The van der Waals surface area contributed by atoms with Gasteiger partial charge in [0.2, 0.25) is 0 Å². The van der Waals surface area contributed by atoms with Gasteiger partial charge in [0, 0.05) is 17.6 Å². The fourth-order valence-corrected chi connectivity index (χ4v) is 3.34. The summed E-state index contributed by atoms with van der Waals surface area (Å²) in [5.74, 6) is -0.169. The van der Waals surface area contributed by atoms with E-state index >= 15 is 0 Å². The van der Waals surface area contributed by atoms with Gasteiger partial charge in [0.25, 0.3) is 0 Å². The number of rotatable bonds is 3. The third-order valence-corrected chi connectivity index (χ3v) is 4.23. The highest BCUT2D eigenvalue weighted by molar-refractivity contribution is 5.85. The van der Waals surface area contributed by atoms with E-state index in [1.54, 1.807) is 12.1 Å². The molecule has 2 saturated heterocycles. The molecule has 0 saturated carbocycles. The van der Waals surface area contributed by atoms with Crippen molar-refractivity contribution in [1.82, 2.24) is 5.32 Å². The molecular weight excluding hydrogens is 265 g/mol. The monoisotopic (exact) mass is 285 g/mol. The third kappa shape index (κ3) is 3.28. The van der Waals surface area contributed by atoms with Crippen molar-refractivity contribution in [3.8, 4) is 0 Å². The molecule has 4 heteroatoms. The first-order valence-corrected chi connectivity index (χ1v) is 6.78. The molecule has 2 nitrogen and oxygen atoms in total. The molecule has 3 rings (SSSR count). The van der Waals surface area contributed by atoms with Crippen molar-refractivity contribution in [2.45, 2.75) is 56.9 Å². The van der Waals surface area contributed by atoms with Crippen molar-refractivity contribution >= 4 is 12.4 Å². The van der Waals surface area contributed by atoms with Gasteiger partial charge in [-0.1, -0.05) is 18.2 Å². The number of hydrogen-bond acceptors (Lipinski definition) is 2. The Kier molecular flexibility index (Phi) is 4.49. The third-order valence-electron chi connectivity index (χ3n) is 4.23. The lowest BCUT2D eigenvalue weighted by molar-refractivity contribution is -0.0738. The first-order chi connectivity index (χ1) is 8.65. The smallest absolute Gasteiger partial charge is 0.128 e. The van der Waals surface area contributed by atoms with Gasteiger partial charge in [-0.25, -0.2) is 4.39 Å². The summed E-state index contributed by atoms with van der Waals surface area (Å²) in [5, 5.41) is 3.60. The van der Waals surface area contributed by atoms with Gasteiger partial charge in [-0.15, -0.1) is 12.4 Å². The van der Waals surface area contributed by atoms with Gasteiger partial charge in [0.1, 0.15) is 5.82 Å². The van der Waals surface area contributed by atoms with Crippen molar-refractivity contribution in [3.05, 3.63) is 35.6 Å². The van der Waals surface area contributed by atoms with Crippen LogP contribution in [-0.4, -0.2) is 17.7 Å². The highest BCUT2D eigenvalue weighted by atomic mass is 35.5. The van der Waals surface area contributed by atoms with Crippen LogP contribution in [0, 0.1) is 5.82 Å². The molecule has 2 bridgehead atoms. The largest absolute Gasteiger partial charge is 0.370 e. The molecule has 2 atom stereocenters. The van der Waals surface area contributed by atoms with Crippen LogP contribution in [-0.2, 0) is 11.3 Å². The predicted octanol–water partition coefficient (Wildman–Crippen LogP) is 3.44. The van der Waals surface area contributed by atoms with E-state index in [4.69, 9.17) is 4.74 Å². The van der Waals surface area contributed by atoms with Crippen LogP contribution in [0.2, 0.25) is 0 Å². The van der Waals surface area contributed by atoms with Gasteiger partial charge in [0.05, 0.1) is 12.2 Å². The standard InChI is InChI=1S/C15H20FNO.ClH/c1-15(8-12-6-7-13(9-15)17-12)18-10-11-4-2-3-5-14(11)16;/h2-5,12-13,17H,6-10H2,1H3;1H. The van der Waals surface area contributed by atoms with Crippen LogP contribution in [0.3, 0.4) is 0 Å². The van der Waals surface area contributed by atoms with E-state index in [1.807, 2.05) is 6.07 Å². The summed E-state index contributed by atoms with van der Waals surface area (Å²) in [5.41, 5.74) is 0.559. The van der Waals surface area contributed by atoms with Crippen molar-refractivity contribution in [1.29, 1.82) is 0 Å². The van der Waals surface area contributed by atoms with Crippen LogP contribution in [0.15, 0.2) is 24.3 Å². The average molecular weight is 286 g/mol. The van der Waals surface area contributed by atoms with Gasteiger partial charge >= 0.3 is 0 Å². The Morgan fingerprint density at radius 1 is 1.26 bits per heavy atom. The number of ether oxygens (including phenoxy) is 1. The molecule has 0 spiro atoms. The molecule has 2 fully saturated rings. The zero-order chi connectivity index (χ0) is 12.6. The molecule has 1 aromatic rings.